The van der Waals surface area contributed by atoms with Crippen molar-refractivity contribution in [2.75, 3.05) is 39.8 Å². The zero-order valence-corrected chi connectivity index (χ0v) is 19.9. The maximum Gasteiger partial charge on any atom is 0.230 e. The van der Waals surface area contributed by atoms with Crippen LogP contribution in [0.5, 0.6) is 0 Å². The number of rotatable bonds is 4. The van der Waals surface area contributed by atoms with Crippen LogP contribution in [0.4, 0.5) is 0 Å². The lowest BCUT2D eigenvalue weighted by atomic mass is 9.77. The smallest absolute Gasteiger partial charge is 0.230 e. The topological polar surface area (TPSA) is 52.6 Å². The summed E-state index contributed by atoms with van der Waals surface area (Å²) in [6.45, 7) is 7.38. The summed E-state index contributed by atoms with van der Waals surface area (Å²) < 4.78 is 0. The van der Waals surface area contributed by atoms with Gasteiger partial charge in [-0.15, -0.1) is 0 Å². The summed E-state index contributed by atoms with van der Waals surface area (Å²) in [7, 11) is 2.14. The first kappa shape index (κ1) is 22.2. The molecule has 6 heteroatoms. The Balaban J connectivity index is 1.35. The number of hydrogen-bond donors (Lipinski definition) is 0. The van der Waals surface area contributed by atoms with Gasteiger partial charge >= 0.3 is 0 Å². The van der Waals surface area contributed by atoms with Crippen LogP contribution in [0.3, 0.4) is 0 Å². The van der Waals surface area contributed by atoms with Gasteiger partial charge in [0, 0.05) is 68.8 Å². The van der Waals surface area contributed by atoms with Crippen LogP contribution in [0.25, 0.3) is 11.4 Å². The van der Waals surface area contributed by atoms with E-state index in [1.54, 1.807) is 0 Å². The van der Waals surface area contributed by atoms with Crippen LogP contribution in [0.15, 0.2) is 48.8 Å². The lowest BCUT2D eigenvalue weighted by molar-refractivity contribution is -0.146. The number of nitrogens with zero attached hydrogens (tertiary/aromatic N) is 5. The number of carbonyl (C=O) groups is 1. The van der Waals surface area contributed by atoms with E-state index in [-0.39, 0.29) is 11.5 Å². The van der Waals surface area contributed by atoms with Crippen molar-refractivity contribution in [1.82, 2.24) is 24.7 Å². The second-order valence-electron chi connectivity index (χ2n) is 9.99. The van der Waals surface area contributed by atoms with E-state index in [1.807, 2.05) is 24.5 Å². The van der Waals surface area contributed by atoms with E-state index in [2.05, 4.69) is 62.9 Å². The molecule has 0 bridgehead atoms. The molecule has 2 aromatic rings. The van der Waals surface area contributed by atoms with Crippen molar-refractivity contribution in [3.8, 4) is 11.4 Å². The van der Waals surface area contributed by atoms with Gasteiger partial charge < -0.3 is 9.80 Å². The number of fused-ring (bicyclic) bond motifs is 1. The summed E-state index contributed by atoms with van der Waals surface area (Å²) in [4.78, 5) is 30.2. The van der Waals surface area contributed by atoms with Crippen LogP contribution in [0.2, 0.25) is 0 Å². The predicted octanol–water partition coefficient (Wildman–Crippen LogP) is 3.53. The Kier molecular flexibility index (Phi) is 6.30. The highest BCUT2D eigenvalue weighted by Crippen LogP contribution is 2.47. The first-order chi connectivity index (χ1) is 16.1. The Hall–Kier alpha value is -2.57. The Morgan fingerprint density at radius 2 is 1.85 bits per heavy atom. The third-order valence-electron chi connectivity index (χ3n) is 7.86. The van der Waals surface area contributed by atoms with Gasteiger partial charge in [0.05, 0.1) is 5.41 Å². The van der Waals surface area contributed by atoms with Gasteiger partial charge in [0.15, 0.2) is 5.82 Å². The fourth-order valence-corrected chi connectivity index (χ4v) is 5.92. The van der Waals surface area contributed by atoms with E-state index < -0.39 is 0 Å². The number of allylic oxidation sites excluding steroid dienone is 1. The quantitative estimate of drug-likeness (QED) is 0.674. The lowest BCUT2D eigenvalue weighted by Crippen LogP contribution is -2.56. The van der Waals surface area contributed by atoms with Gasteiger partial charge in [-0.3, -0.25) is 9.69 Å². The molecule has 33 heavy (non-hydrogen) atoms. The Morgan fingerprint density at radius 3 is 2.61 bits per heavy atom. The lowest BCUT2D eigenvalue weighted by Gasteiger charge is -2.43. The number of aromatic nitrogens is 2. The molecule has 6 nitrogen and oxygen atoms in total. The number of aryl methyl sites for hydroxylation is 1. The Labute approximate surface area is 197 Å². The molecule has 5 rings (SSSR count). The minimum absolute atomic E-state index is 0.274. The van der Waals surface area contributed by atoms with Crippen molar-refractivity contribution in [3.05, 3.63) is 59.9 Å². The maximum absolute atomic E-state index is 13.9. The molecule has 0 N–H and O–H groups in total. The Morgan fingerprint density at radius 1 is 1.09 bits per heavy atom. The SMILES string of the molecule is Cc1ccccc1-c1ncc(CN2CC=CC[C@@]3(C(=O)N4CCN(C)CC4)CCC[C@@H]23)cn1. The zero-order valence-electron chi connectivity index (χ0n) is 19.9. The average molecular weight is 446 g/mol. The second-order valence-corrected chi connectivity index (χ2v) is 9.99. The second kappa shape index (κ2) is 9.35. The zero-order chi connectivity index (χ0) is 22.8. The number of benzene rings is 1. The van der Waals surface area contributed by atoms with E-state index in [4.69, 9.17) is 0 Å². The van der Waals surface area contributed by atoms with Crippen molar-refractivity contribution in [3.63, 3.8) is 0 Å². The molecule has 0 spiro atoms. The summed E-state index contributed by atoms with van der Waals surface area (Å²) in [5.74, 6) is 1.15. The molecule has 1 amide bonds. The average Bonchev–Trinajstić information content (AvgIpc) is 3.19. The molecule has 1 aromatic carbocycles. The molecule has 2 atom stereocenters. The van der Waals surface area contributed by atoms with Crippen LogP contribution >= 0.6 is 0 Å². The highest BCUT2D eigenvalue weighted by atomic mass is 16.2. The van der Waals surface area contributed by atoms with Gasteiger partial charge in [-0.1, -0.05) is 42.8 Å². The van der Waals surface area contributed by atoms with Crippen molar-refractivity contribution in [2.24, 2.45) is 5.41 Å². The number of hydrogen-bond acceptors (Lipinski definition) is 5. The number of carbonyl (C=O) groups excluding carboxylic acids is 1. The Bertz CT molecular complexity index is 1010. The molecule has 3 heterocycles. The molecule has 1 aliphatic carbocycles. The summed E-state index contributed by atoms with van der Waals surface area (Å²) in [5.41, 5.74) is 3.08. The third kappa shape index (κ3) is 4.34. The van der Waals surface area contributed by atoms with Gasteiger partial charge in [0.25, 0.3) is 0 Å². The minimum Gasteiger partial charge on any atom is -0.340 e. The molecule has 2 fully saturated rings. The molecule has 0 unspecified atom stereocenters. The highest BCUT2D eigenvalue weighted by molar-refractivity contribution is 5.84. The molecular formula is C27H35N5O. The van der Waals surface area contributed by atoms with Crippen LogP contribution in [-0.4, -0.2) is 76.4 Å². The molecule has 174 valence electrons. The standard InChI is InChI=1S/C27H35N5O/c1-21-8-3-4-9-23(21)25-28-18-22(19-29-25)20-32-13-6-5-11-27(12-7-10-24(27)32)26(33)31-16-14-30(2)15-17-31/h3-6,8-9,18-19,24H,7,10-17,20H2,1-2H3/t24-,27-/m1/s1. The molecule has 2 aliphatic heterocycles. The summed E-state index contributed by atoms with van der Waals surface area (Å²) in [5, 5.41) is 0. The van der Waals surface area contributed by atoms with E-state index in [0.717, 1.165) is 81.9 Å². The fraction of sp³-hybridized carbons (Fsp3) is 0.519. The minimum atomic E-state index is -0.287. The van der Waals surface area contributed by atoms with Crippen molar-refractivity contribution >= 4 is 5.91 Å². The van der Waals surface area contributed by atoms with Gasteiger partial charge in [0.2, 0.25) is 5.91 Å². The van der Waals surface area contributed by atoms with Crippen molar-refractivity contribution < 1.29 is 4.79 Å². The van der Waals surface area contributed by atoms with Crippen molar-refractivity contribution in [1.29, 1.82) is 0 Å². The van der Waals surface area contributed by atoms with Crippen LogP contribution in [-0.2, 0) is 11.3 Å². The highest BCUT2D eigenvalue weighted by Gasteiger charge is 2.52. The van der Waals surface area contributed by atoms with Crippen LogP contribution in [0.1, 0.15) is 36.8 Å². The van der Waals surface area contributed by atoms with Gasteiger partial charge in [-0.2, -0.15) is 0 Å². The monoisotopic (exact) mass is 445 g/mol. The number of amides is 1. The van der Waals surface area contributed by atoms with E-state index in [9.17, 15) is 4.79 Å². The molecule has 3 aliphatic rings. The van der Waals surface area contributed by atoms with Gasteiger partial charge in [-0.05, 0) is 38.8 Å². The number of likely N-dealkylation sites (N-methyl/N-ethyl adjacent to an activating group) is 1. The summed E-state index contributed by atoms with van der Waals surface area (Å²) in [6, 6.07) is 8.50. The van der Waals surface area contributed by atoms with E-state index in [0.29, 0.717) is 5.91 Å². The normalized spacial score (nSPS) is 26.2. The maximum atomic E-state index is 13.9. The van der Waals surface area contributed by atoms with Gasteiger partial charge in [0.1, 0.15) is 0 Å². The molecule has 0 radical (unpaired) electrons. The predicted molar refractivity (Wildman–Crippen MR) is 131 cm³/mol. The summed E-state index contributed by atoms with van der Waals surface area (Å²) in [6.07, 6.45) is 12.5. The molecule has 1 aromatic heterocycles. The summed E-state index contributed by atoms with van der Waals surface area (Å²) >= 11 is 0. The molecule has 1 saturated carbocycles. The van der Waals surface area contributed by atoms with E-state index >= 15 is 0 Å². The largest absolute Gasteiger partial charge is 0.340 e. The van der Waals surface area contributed by atoms with Crippen molar-refractivity contribution in [2.45, 2.75) is 45.2 Å². The molecule has 1 saturated heterocycles. The number of piperazine rings is 1. The molecular weight excluding hydrogens is 410 g/mol. The first-order valence-electron chi connectivity index (χ1n) is 12.3. The van der Waals surface area contributed by atoms with Crippen LogP contribution in [0, 0.1) is 12.3 Å². The van der Waals surface area contributed by atoms with E-state index in [1.165, 1.54) is 5.56 Å². The van der Waals surface area contributed by atoms with Gasteiger partial charge in [-0.25, -0.2) is 9.97 Å². The van der Waals surface area contributed by atoms with Crippen LogP contribution < -0.4 is 0 Å². The first-order valence-corrected chi connectivity index (χ1v) is 12.3. The third-order valence-corrected chi connectivity index (χ3v) is 7.86. The fourth-order valence-electron chi connectivity index (χ4n) is 5.92.